The van der Waals surface area contributed by atoms with Gasteiger partial charge in [0.1, 0.15) is 18.0 Å². The van der Waals surface area contributed by atoms with Crippen LogP contribution in [0.5, 0.6) is 0 Å². The maximum absolute atomic E-state index is 12.8. The number of hydrogen-bond acceptors (Lipinski definition) is 3. The Labute approximate surface area is 101 Å². The van der Waals surface area contributed by atoms with Gasteiger partial charge in [0.05, 0.1) is 0 Å². The van der Waals surface area contributed by atoms with Crippen molar-refractivity contribution >= 4 is 5.97 Å². The van der Waals surface area contributed by atoms with E-state index in [2.05, 4.69) is 0 Å². The smallest absolute Gasteiger partial charge is 0.322 e. The molecule has 0 heterocycles. The molecule has 0 fully saturated rings. The van der Waals surface area contributed by atoms with Crippen molar-refractivity contribution in [2.45, 2.75) is 38.8 Å². The average molecular weight is 239 g/mol. The fourth-order valence-electron chi connectivity index (χ4n) is 1.43. The maximum atomic E-state index is 12.8. The molecule has 1 aromatic rings. The van der Waals surface area contributed by atoms with Crippen LogP contribution >= 0.6 is 0 Å². The largest absolute Gasteiger partial charge is 0.461 e. The molecule has 1 rings (SSSR count). The number of nitrogens with two attached hydrogens (primary N) is 1. The van der Waals surface area contributed by atoms with Crippen LogP contribution in [-0.4, -0.2) is 18.1 Å². The van der Waals surface area contributed by atoms with E-state index in [1.54, 1.807) is 26.0 Å². The van der Waals surface area contributed by atoms with Gasteiger partial charge >= 0.3 is 5.97 Å². The Morgan fingerprint density at radius 1 is 1.24 bits per heavy atom. The second-order valence-electron chi connectivity index (χ2n) is 4.27. The van der Waals surface area contributed by atoms with E-state index in [1.807, 2.05) is 6.92 Å². The van der Waals surface area contributed by atoms with Crippen LogP contribution in [0.4, 0.5) is 4.39 Å². The molecule has 94 valence electrons. The molecule has 3 atom stereocenters. The second kappa shape index (κ2) is 5.77. The van der Waals surface area contributed by atoms with Crippen LogP contribution in [0, 0.1) is 5.82 Å². The maximum Gasteiger partial charge on any atom is 0.322 e. The van der Waals surface area contributed by atoms with Crippen molar-refractivity contribution in [3.63, 3.8) is 0 Å². The summed E-state index contributed by atoms with van der Waals surface area (Å²) >= 11 is 0. The normalized spacial score (nSPS) is 16.1. The first-order valence-electron chi connectivity index (χ1n) is 5.63. The van der Waals surface area contributed by atoms with Crippen molar-refractivity contribution in [3.05, 3.63) is 35.6 Å². The summed E-state index contributed by atoms with van der Waals surface area (Å²) in [6.45, 7) is 5.30. The first-order valence-corrected chi connectivity index (χ1v) is 5.63. The van der Waals surface area contributed by atoms with Crippen LogP contribution < -0.4 is 5.73 Å². The molecule has 0 aliphatic carbocycles. The fraction of sp³-hybridized carbons (Fsp3) is 0.462. The number of ether oxygens (including phenoxy) is 1. The van der Waals surface area contributed by atoms with Crippen LogP contribution in [0.25, 0.3) is 0 Å². The molecule has 0 spiro atoms. The van der Waals surface area contributed by atoms with Crippen LogP contribution in [0.15, 0.2) is 24.3 Å². The summed E-state index contributed by atoms with van der Waals surface area (Å²) in [5.74, 6) is -0.703. The van der Waals surface area contributed by atoms with Gasteiger partial charge in [0.25, 0.3) is 0 Å². The van der Waals surface area contributed by atoms with Gasteiger partial charge in [0.15, 0.2) is 0 Å². The van der Waals surface area contributed by atoms with E-state index in [4.69, 9.17) is 10.5 Å². The van der Waals surface area contributed by atoms with Crippen molar-refractivity contribution in [3.8, 4) is 0 Å². The summed E-state index contributed by atoms with van der Waals surface area (Å²) in [6.07, 6.45) is -0.293. The Balaban J connectivity index is 2.66. The zero-order chi connectivity index (χ0) is 13.0. The van der Waals surface area contributed by atoms with E-state index in [9.17, 15) is 9.18 Å². The Bertz CT molecular complexity index is 376. The molecule has 0 aliphatic heterocycles. The van der Waals surface area contributed by atoms with Gasteiger partial charge in [-0.25, -0.2) is 4.39 Å². The number of hydrogen-bond donors (Lipinski definition) is 1. The van der Waals surface area contributed by atoms with E-state index in [0.717, 1.165) is 5.56 Å². The van der Waals surface area contributed by atoms with Gasteiger partial charge in [-0.3, -0.25) is 4.79 Å². The quantitative estimate of drug-likeness (QED) is 0.819. The second-order valence-corrected chi connectivity index (χ2v) is 4.27. The molecule has 2 N–H and O–H groups in total. The van der Waals surface area contributed by atoms with Crippen molar-refractivity contribution in [2.24, 2.45) is 5.73 Å². The lowest BCUT2D eigenvalue weighted by Gasteiger charge is -2.21. The van der Waals surface area contributed by atoms with Crippen molar-refractivity contribution in [1.29, 1.82) is 0 Å². The summed E-state index contributed by atoms with van der Waals surface area (Å²) in [7, 11) is 0. The SMILES string of the molecule is C[C@H](N)C(=O)O[C@@H](C)[C@H](C)c1ccc(F)cc1. The summed E-state index contributed by atoms with van der Waals surface area (Å²) in [5, 5.41) is 0. The number of carbonyl (C=O) groups excluding carboxylic acids is 1. The minimum atomic E-state index is -0.627. The molecule has 0 bridgehead atoms. The highest BCUT2D eigenvalue weighted by molar-refractivity contribution is 5.75. The molecule has 0 aromatic heterocycles. The van der Waals surface area contributed by atoms with E-state index in [-0.39, 0.29) is 17.8 Å². The molecule has 3 nitrogen and oxygen atoms in total. The third-order valence-electron chi connectivity index (χ3n) is 2.77. The van der Waals surface area contributed by atoms with Gasteiger partial charge in [-0.2, -0.15) is 0 Å². The van der Waals surface area contributed by atoms with Gasteiger partial charge in [-0.1, -0.05) is 19.1 Å². The zero-order valence-electron chi connectivity index (χ0n) is 10.3. The Morgan fingerprint density at radius 3 is 2.24 bits per heavy atom. The van der Waals surface area contributed by atoms with Crippen LogP contribution in [0.1, 0.15) is 32.3 Å². The van der Waals surface area contributed by atoms with Gasteiger partial charge in [0, 0.05) is 5.92 Å². The minimum absolute atomic E-state index is 0.00157. The number of esters is 1. The van der Waals surface area contributed by atoms with Gasteiger partial charge in [0.2, 0.25) is 0 Å². The average Bonchev–Trinajstić information content (AvgIpc) is 2.28. The molecule has 1 aromatic carbocycles. The monoisotopic (exact) mass is 239 g/mol. The standard InChI is InChI=1S/C13H18FNO2/c1-8(10(3)17-13(16)9(2)15)11-4-6-12(14)7-5-11/h4-10H,15H2,1-3H3/t8-,9-,10-/m0/s1. The van der Waals surface area contributed by atoms with E-state index in [1.165, 1.54) is 12.1 Å². The molecule has 0 saturated heterocycles. The first-order chi connectivity index (χ1) is 7.91. The van der Waals surface area contributed by atoms with Gasteiger partial charge < -0.3 is 10.5 Å². The van der Waals surface area contributed by atoms with Crippen LogP contribution in [0.2, 0.25) is 0 Å². The van der Waals surface area contributed by atoms with Crippen molar-refractivity contribution in [1.82, 2.24) is 0 Å². The van der Waals surface area contributed by atoms with E-state index >= 15 is 0 Å². The fourth-order valence-corrected chi connectivity index (χ4v) is 1.43. The third-order valence-corrected chi connectivity index (χ3v) is 2.77. The number of benzene rings is 1. The number of halogens is 1. The molecule has 0 saturated carbocycles. The summed E-state index contributed by atoms with van der Waals surface area (Å²) in [5.41, 5.74) is 6.35. The summed E-state index contributed by atoms with van der Waals surface area (Å²) < 4.78 is 18.0. The highest BCUT2D eigenvalue weighted by Crippen LogP contribution is 2.21. The molecule has 0 radical (unpaired) electrons. The minimum Gasteiger partial charge on any atom is -0.461 e. The number of carbonyl (C=O) groups is 1. The zero-order valence-corrected chi connectivity index (χ0v) is 10.3. The lowest BCUT2D eigenvalue weighted by molar-refractivity contribution is -0.150. The third kappa shape index (κ3) is 3.82. The van der Waals surface area contributed by atoms with Crippen LogP contribution in [0.3, 0.4) is 0 Å². The Kier molecular flexibility index (Phi) is 4.63. The Hall–Kier alpha value is -1.42. The van der Waals surface area contributed by atoms with Gasteiger partial charge in [-0.15, -0.1) is 0 Å². The molecule has 0 aliphatic rings. The van der Waals surface area contributed by atoms with Gasteiger partial charge in [-0.05, 0) is 31.5 Å². The molecule has 4 heteroatoms. The molecule has 0 unspecified atom stereocenters. The van der Waals surface area contributed by atoms with E-state index in [0.29, 0.717) is 0 Å². The lowest BCUT2D eigenvalue weighted by atomic mass is 9.96. The summed E-state index contributed by atoms with van der Waals surface area (Å²) in [4.78, 5) is 11.3. The highest BCUT2D eigenvalue weighted by atomic mass is 19.1. The predicted molar refractivity (Wildman–Crippen MR) is 64.0 cm³/mol. The van der Waals surface area contributed by atoms with E-state index < -0.39 is 12.0 Å². The topological polar surface area (TPSA) is 52.3 Å². The van der Waals surface area contributed by atoms with Crippen molar-refractivity contribution < 1.29 is 13.9 Å². The van der Waals surface area contributed by atoms with Crippen LogP contribution in [-0.2, 0) is 9.53 Å². The lowest BCUT2D eigenvalue weighted by Crippen LogP contribution is -2.33. The molecular weight excluding hydrogens is 221 g/mol. The Morgan fingerprint density at radius 2 is 1.76 bits per heavy atom. The number of rotatable bonds is 4. The molecule has 0 amide bonds. The molecular formula is C13H18FNO2. The highest BCUT2D eigenvalue weighted by Gasteiger charge is 2.20. The predicted octanol–water partition coefficient (Wildman–Crippen LogP) is 2.21. The molecule has 17 heavy (non-hydrogen) atoms. The van der Waals surface area contributed by atoms with Crippen molar-refractivity contribution in [2.75, 3.05) is 0 Å². The summed E-state index contributed by atoms with van der Waals surface area (Å²) in [6, 6.07) is 5.54. The first kappa shape index (κ1) is 13.6.